The molecule has 5 nitrogen and oxygen atoms in total. The maximum Gasteiger partial charge on any atom is 0.416 e. The zero-order chi connectivity index (χ0) is 19.6. The van der Waals surface area contributed by atoms with Crippen molar-refractivity contribution in [3.8, 4) is 17.0 Å². The summed E-state index contributed by atoms with van der Waals surface area (Å²) in [5.41, 5.74) is -0.140. The van der Waals surface area contributed by atoms with Crippen LogP contribution in [0.4, 0.5) is 18.9 Å². The van der Waals surface area contributed by atoms with Crippen LogP contribution in [-0.4, -0.2) is 22.6 Å². The van der Waals surface area contributed by atoms with E-state index in [0.29, 0.717) is 17.0 Å². The Morgan fingerprint density at radius 3 is 2.52 bits per heavy atom. The van der Waals surface area contributed by atoms with Gasteiger partial charge in [0.15, 0.2) is 0 Å². The van der Waals surface area contributed by atoms with E-state index in [4.69, 9.17) is 16.3 Å². The van der Waals surface area contributed by atoms with E-state index >= 15 is 0 Å². The Morgan fingerprint density at radius 2 is 1.89 bits per heavy atom. The van der Waals surface area contributed by atoms with E-state index in [1.807, 2.05) is 0 Å². The van der Waals surface area contributed by atoms with E-state index in [-0.39, 0.29) is 15.6 Å². The highest BCUT2D eigenvalue weighted by atomic mass is 35.5. The van der Waals surface area contributed by atoms with Gasteiger partial charge >= 0.3 is 6.18 Å². The average molecular weight is 414 g/mol. The molecule has 3 aromatic rings. The number of hydrogen-bond donors (Lipinski definition) is 1. The fourth-order valence-electron chi connectivity index (χ4n) is 2.25. The number of nitrogens with zero attached hydrogens (tertiary/aromatic N) is 2. The molecule has 0 saturated carbocycles. The number of carbonyl (C=O) groups is 1. The molecule has 2 aromatic carbocycles. The number of halogens is 4. The van der Waals surface area contributed by atoms with Crippen molar-refractivity contribution in [3.63, 3.8) is 0 Å². The third-order valence-electron chi connectivity index (χ3n) is 3.60. The van der Waals surface area contributed by atoms with Crippen LogP contribution in [0.25, 0.3) is 11.3 Å². The van der Waals surface area contributed by atoms with Crippen molar-refractivity contribution in [1.29, 1.82) is 0 Å². The molecule has 27 heavy (non-hydrogen) atoms. The van der Waals surface area contributed by atoms with Crippen LogP contribution in [0.1, 0.15) is 15.2 Å². The number of alkyl halides is 3. The zero-order valence-electron chi connectivity index (χ0n) is 13.7. The van der Waals surface area contributed by atoms with E-state index < -0.39 is 17.6 Å². The zero-order valence-corrected chi connectivity index (χ0v) is 15.2. The number of hydrogen-bond acceptors (Lipinski definition) is 5. The predicted octanol–water partition coefficient (Wildman–Crippen LogP) is 5.14. The molecule has 3 rings (SSSR count). The van der Waals surface area contributed by atoms with Crippen LogP contribution in [0.2, 0.25) is 5.02 Å². The van der Waals surface area contributed by atoms with Crippen LogP contribution < -0.4 is 10.1 Å². The average Bonchev–Trinajstić information content (AvgIpc) is 3.12. The molecule has 0 radical (unpaired) electrons. The van der Waals surface area contributed by atoms with Gasteiger partial charge in [-0.25, -0.2) is 0 Å². The SMILES string of the molecule is COc1ccc(-c2nnsc2C(=O)Nc2cc(C(F)(F)F)ccc2Cl)cc1. The second kappa shape index (κ2) is 7.53. The first kappa shape index (κ1) is 19.1. The molecule has 0 aliphatic carbocycles. The van der Waals surface area contributed by atoms with Gasteiger partial charge in [0, 0.05) is 5.56 Å². The highest BCUT2D eigenvalue weighted by Gasteiger charge is 2.31. The Hall–Kier alpha value is -2.65. The van der Waals surface area contributed by atoms with Crippen molar-refractivity contribution in [2.24, 2.45) is 0 Å². The van der Waals surface area contributed by atoms with Gasteiger partial charge in [0.05, 0.1) is 23.4 Å². The number of benzene rings is 2. The molecule has 0 spiro atoms. The van der Waals surface area contributed by atoms with Crippen molar-refractivity contribution in [3.05, 3.63) is 57.9 Å². The smallest absolute Gasteiger partial charge is 0.416 e. The van der Waals surface area contributed by atoms with Crippen LogP contribution in [0.3, 0.4) is 0 Å². The first-order valence-corrected chi connectivity index (χ1v) is 8.59. The summed E-state index contributed by atoms with van der Waals surface area (Å²) in [6.45, 7) is 0. The van der Waals surface area contributed by atoms with E-state index in [1.165, 1.54) is 7.11 Å². The van der Waals surface area contributed by atoms with Gasteiger partial charge in [-0.2, -0.15) is 13.2 Å². The Bertz CT molecular complexity index is 974. The molecule has 0 aliphatic heterocycles. The van der Waals surface area contributed by atoms with E-state index in [2.05, 4.69) is 14.9 Å². The fourth-order valence-corrected chi connectivity index (χ4v) is 3.00. The first-order chi connectivity index (χ1) is 12.8. The molecule has 0 unspecified atom stereocenters. The molecule has 0 bridgehead atoms. The summed E-state index contributed by atoms with van der Waals surface area (Å²) in [5, 5.41) is 6.32. The lowest BCUT2D eigenvalue weighted by Crippen LogP contribution is -2.13. The summed E-state index contributed by atoms with van der Waals surface area (Å²) in [6.07, 6.45) is -4.55. The Balaban J connectivity index is 1.89. The lowest BCUT2D eigenvalue weighted by atomic mass is 10.1. The molecule has 140 valence electrons. The third-order valence-corrected chi connectivity index (χ3v) is 4.65. The standard InChI is InChI=1S/C17H11ClF3N3O2S/c1-26-11-5-2-9(3-6-11)14-15(27-24-23-14)16(25)22-13-8-10(17(19,20)21)4-7-12(13)18/h2-8H,1H3,(H,22,25). The molecule has 1 aromatic heterocycles. The minimum absolute atomic E-state index is 0.0141. The molecular formula is C17H11ClF3N3O2S. The van der Waals surface area contributed by atoms with Gasteiger partial charge in [-0.3, -0.25) is 4.79 Å². The summed E-state index contributed by atoms with van der Waals surface area (Å²) in [4.78, 5) is 12.7. The minimum Gasteiger partial charge on any atom is -0.497 e. The number of rotatable bonds is 4. The summed E-state index contributed by atoms with van der Waals surface area (Å²) in [7, 11) is 1.52. The largest absolute Gasteiger partial charge is 0.497 e. The molecule has 0 atom stereocenters. The quantitative estimate of drug-likeness (QED) is 0.643. The van der Waals surface area contributed by atoms with Crippen molar-refractivity contribution in [2.45, 2.75) is 6.18 Å². The normalized spacial score (nSPS) is 11.3. The van der Waals surface area contributed by atoms with Gasteiger partial charge in [0.1, 0.15) is 16.3 Å². The van der Waals surface area contributed by atoms with Crippen LogP contribution in [0, 0.1) is 0 Å². The van der Waals surface area contributed by atoms with Crippen molar-refractivity contribution in [1.82, 2.24) is 9.59 Å². The number of nitrogens with one attached hydrogen (secondary N) is 1. The van der Waals surface area contributed by atoms with Crippen molar-refractivity contribution in [2.75, 3.05) is 12.4 Å². The van der Waals surface area contributed by atoms with Crippen LogP contribution in [0.5, 0.6) is 5.75 Å². The maximum atomic E-state index is 12.9. The van der Waals surface area contributed by atoms with Crippen molar-refractivity contribution >= 4 is 34.7 Å². The number of methoxy groups -OCH3 is 1. The molecule has 1 N–H and O–H groups in total. The molecular weight excluding hydrogens is 403 g/mol. The maximum absolute atomic E-state index is 12.9. The molecule has 1 heterocycles. The van der Waals surface area contributed by atoms with Crippen LogP contribution in [0.15, 0.2) is 42.5 Å². The molecule has 0 aliphatic rings. The number of aromatic nitrogens is 2. The molecule has 0 fully saturated rings. The van der Waals surface area contributed by atoms with Gasteiger partial charge < -0.3 is 10.1 Å². The third kappa shape index (κ3) is 4.20. The van der Waals surface area contributed by atoms with Gasteiger partial charge in [0.25, 0.3) is 5.91 Å². The fraction of sp³-hybridized carbons (Fsp3) is 0.118. The summed E-state index contributed by atoms with van der Waals surface area (Å²) < 4.78 is 47.5. The number of amides is 1. The number of anilines is 1. The van der Waals surface area contributed by atoms with Gasteiger partial charge in [0.2, 0.25) is 0 Å². The summed E-state index contributed by atoms with van der Waals surface area (Å²) in [5.74, 6) is -0.0271. The van der Waals surface area contributed by atoms with Crippen LogP contribution >= 0.6 is 23.1 Å². The van der Waals surface area contributed by atoms with Gasteiger partial charge in [-0.05, 0) is 54.0 Å². The monoisotopic (exact) mass is 413 g/mol. The topological polar surface area (TPSA) is 64.1 Å². The summed E-state index contributed by atoms with van der Waals surface area (Å²) in [6, 6.07) is 9.49. The van der Waals surface area contributed by atoms with E-state index in [1.54, 1.807) is 24.3 Å². The van der Waals surface area contributed by atoms with E-state index in [0.717, 1.165) is 29.7 Å². The van der Waals surface area contributed by atoms with Crippen LogP contribution in [-0.2, 0) is 6.18 Å². The molecule has 10 heteroatoms. The lowest BCUT2D eigenvalue weighted by molar-refractivity contribution is -0.137. The summed E-state index contributed by atoms with van der Waals surface area (Å²) >= 11 is 6.75. The van der Waals surface area contributed by atoms with Crippen molar-refractivity contribution < 1.29 is 22.7 Å². The highest BCUT2D eigenvalue weighted by Crippen LogP contribution is 2.34. The van der Waals surface area contributed by atoms with E-state index in [9.17, 15) is 18.0 Å². The predicted molar refractivity (Wildman–Crippen MR) is 96.3 cm³/mol. The number of carbonyl (C=O) groups excluding carboxylic acids is 1. The minimum atomic E-state index is -4.55. The lowest BCUT2D eigenvalue weighted by Gasteiger charge is -2.11. The second-order valence-corrected chi connectivity index (χ2v) is 6.49. The van der Waals surface area contributed by atoms with Gasteiger partial charge in [-0.15, -0.1) is 5.10 Å². The highest BCUT2D eigenvalue weighted by molar-refractivity contribution is 7.08. The second-order valence-electron chi connectivity index (χ2n) is 5.33. The first-order valence-electron chi connectivity index (χ1n) is 7.44. The Kier molecular flexibility index (Phi) is 5.33. The molecule has 0 saturated heterocycles. The Morgan fingerprint density at radius 1 is 1.19 bits per heavy atom. The Labute approximate surface area is 160 Å². The number of ether oxygens (including phenoxy) is 1. The van der Waals surface area contributed by atoms with Gasteiger partial charge in [-0.1, -0.05) is 16.1 Å². The molecule has 1 amide bonds.